The number of benzene rings is 6. The molecule has 0 bridgehead atoms. The summed E-state index contributed by atoms with van der Waals surface area (Å²) in [5, 5.41) is 7.66. The van der Waals surface area contributed by atoms with Crippen molar-refractivity contribution in [3.8, 4) is 22.3 Å². The molecule has 0 radical (unpaired) electrons. The standard InChI is InChI=1S/C30H20/c1-2-11-24-20-25(17-16-21(24)8-1)30-27-14-6-4-10-23(27)18-19-29(30)28-15-7-12-22-9-3-5-13-26(22)28/h1-20H. The first-order valence-electron chi connectivity index (χ1n) is 10.4. The van der Waals surface area contributed by atoms with Gasteiger partial charge in [-0.2, -0.15) is 0 Å². The van der Waals surface area contributed by atoms with Gasteiger partial charge in [-0.15, -0.1) is 0 Å². The summed E-state index contributed by atoms with van der Waals surface area (Å²) in [7, 11) is 0. The summed E-state index contributed by atoms with van der Waals surface area (Å²) in [4.78, 5) is 0. The Labute approximate surface area is 176 Å². The van der Waals surface area contributed by atoms with Crippen molar-refractivity contribution in [1.82, 2.24) is 0 Å². The average Bonchev–Trinajstić information content (AvgIpc) is 2.82. The van der Waals surface area contributed by atoms with Crippen LogP contribution in [0.4, 0.5) is 0 Å². The highest BCUT2D eigenvalue weighted by atomic mass is 14.2. The van der Waals surface area contributed by atoms with Crippen LogP contribution in [0.2, 0.25) is 0 Å². The molecule has 0 amide bonds. The van der Waals surface area contributed by atoms with Gasteiger partial charge >= 0.3 is 0 Å². The topological polar surface area (TPSA) is 0 Å². The fourth-order valence-corrected chi connectivity index (χ4v) is 4.61. The molecule has 0 aromatic heterocycles. The number of rotatable bonds is 2. The predicted octanol–water partition coefficient (Wildman–Crippen LogP) is 8.48. The average molecular weight is 380 g/mol. The van der Waals surface area contributed by atoms with E-state index in [0.717, 1.165) is 0 Å². The fourth-order valence-electron chi connectivity index (χ4n) is 4.61. The molecule has 0 unspecified atom stereocenters. The van der Waals surface area contributed by atoms with Gasteiger partial charge in [-0.3, -0.25) is 0 Å². The first-order valence-corrected chi connectivity index (χ1v) is 10.4. The van der Waals surface area contributed by atoms with Gasteiger partial charge in [-0.05, 0) is 60.6 Å². The summed E-state index contributed by atoms with van der Waals surface area (Å²) >= 11 is 0. The quantitative estimate of drug-likeness (QED) is 0.282. The Morgan fingerprint density at radius 3 is 1.77 bits per heavy atom. The van der Waals surface area contributed by atoms with Gasteiger partial charge in [-0.25, -0.2) is 0 Å². The molecule has 0 aliphatic rings. The summed E-state index contributed by atoms with van der Waals surface area (Å²) < 4.78 is 0. The van der Waals surface area contributed by atoms with Crippen LogP contribution in [0.1, 0.15) is 0 Å². The molecule has 0 heterocycles. The third-order valence-electron chi connectivity index (χ3n) is 6.05. The highest BCUT2D eigenvalue weighted by Gasteiger charge is 2.14. The molecule has 0 nitrogen and oxygen atoms in total. The molecule has 0 N–H and O–H groups in total. The molecule has 0 saturated carbocycles. The third-order valence-corrected chi connectivity index (χ3v) is 6.05. The van der Waals surface area contributed by atoms with Crippen molar-refractivity contribution in [2.45, 2.75) is 0 Å². The zero-order chi connectivity index (χ0) is 19.9. The Morgan fingerprint density at radius 2 is 0.933 bits per heavy atom. The molecule has 0 aliphatic heterocycles. The van der Waals surface area contributed by atoms with Crippen LogP contribution in [-0.2, 0) is 0 Å². The SMILES string of the molecule is c1ccc2cc(-c3c(-c4cccc5ccccc45)ccc4ccccc34)ccc2c1. The molecule has 0 atom stereocenters. The van der Waals surface area contributed by atoms with E-state index in [1.807, 2.05) is 0 Å². The smallest absolute Gasteiger partial charge is 0.00264 e. The van der Waals surface area contributed by atoms with E-state index in [2.05, 4.69) is 121 Å². The summed E-state index contributed by atoms with van der Waals surface area (Å²) in [5.41, 5.74) is 5.12. The molecule has 0 spiro atoms. The van der Waals surface area contributed by atoms with E-state index in [1.54, 1.807) is 0 Å². The van der Waals surface area contributed by atoms with Crippen LogP contribution in [-0.4, -0.2) is 0 Å². The fraction of sp³-hybridized carbons (Fsp3) is 0. The van der Waals surface area contributed by atoms with Crippen molar-refractivity contribution in [2.24, 2.45) is 0 Å². The molecule has 30 heavy (non-hydrogen) atoms. The van der Waals surface area contributed by atoms with E-state index in [-0.39, 0.29) is 0 Å². The zero-order valence-corrected chi connectivity index (χ0v) is 16.5. The highest BCUT2D eigenvalue weighted by molar-refractivity contribution is 6.09. The molecule has 0 fully saturated rings. The van der Waals surface area contributed by atoms with Crippen molar-refractivity contribution in [1.29, 1.82) is 0 Å². The first kappa shape index (κ1) is 17.0. The lowest BCUT2D eigenvalue weighted by Gasteiger charge is -2.16. The summed E-state index contributed by atoms with van der Waals surface area (Å²) in [5.74, 6) is 0. The lowest BCUT2D eigenvalue weighted by molar-refractivity contribution is 1.64. The van der Waals surface area contributed by atoms with Crippen molar-refractivity contribution >= 4 is 32.3 Å². The van der Waals surface area contributed by atoms with Crippen molar-refractivity contribution in [2.75, 3.05) is 0 Å². The van der Waals surface area contributed by atoms with Crippen LogP contribution < -0.4 is 0 Å². The van der Waals surface area contributed by atoms with Gasteiger partial charge in [0.25, 0.3) is 0 Å². The minimum absolute atomic E-state index is 1.26. The number of fused-ring (bicyclic) bond motifs is 3. The van der Waals surface area contributed by atoms with Gasteiger partial charge in [0, 0.05) is 0 Å². The van der Waals surface area contributed by atoms with E-state index in [4.69, 9.17) is 0 Å². The minimum atomic E-state index is 1.26. The van der Waals surface area contributed by atoms with Gasteiger partial charge in [0.15, 0.2) is 0 Å². The van der Waals surface area contributed by atoms with E-state index >= 15 is 0 Å². The zero-order valence-electron chi connectivity index (χ0n) is 16.5. The minimum Gasteiger partial charge on any atom is -0.0616 e. The number of hydrogen-bond acceptors (Lipinski definition) is 0. The largest absolute Gasteiger partial charge is 0.0616 e. The molecule has 6 aromatic rings. The van der Waals surface area contributed by atoms with E-state index in [1.165, 1.54) is 54.6 Å². The first-order chi connectivity index (χ1) is 14.9. The second kappa shape index (κ2) is 6.86. The molecular weight excluding hydrogens is 360 g/mol. The Morgan fingerprint density at radius 1 is 0.333 bits per heavy atom. The van der Waals surface area contributed by atoms with Crippen LogP contribution in [0.25, 0.3) is 54.6 Å². The normalized spacial score (nSPS) is 11.3. The Bertz CT molecular complexity index is 1530. The molecular formula is C30H20. The van der Waals surface area contributed by atoms with Crippen LogP contribution in [0.5, 0.6) is 0 Å². The van der Waals surface area contributed by atoms with Crippen LogP contribution in [0.15, 0.2) is 121 Å². The maximum Gasteiger partial charge on any atom is -0.00264 e. The van der Waals surface area contributed by atoms with Gasteiger partial charge < -0.3 is 0 Å². The van der Waals surface area contributed by atoms with Gasteiger partial charge in [-0.1, -0.05) is 115 Å². The van der Waals surface area contributed by atoms with Gasteiger partial charge in [0.05, 0.1) is 0 Å². The van der Waals surface area contributed by atoms with Gasteiger partial charge in [0.1, 0.15) is 0 Å². The van der Waals surface area contributed by atoms with Crippen molar-refractivity contribution < 1.29 is 0 Å². The van der Waals surface area contributed by atoms with Crippen molar-refractivity contribution in [3.63, 3.8) is 0 Å². The maximum atomic E-state index is 2.33. The van der Waals surface area contributed by atoms with Crippen molar-refractivity contribution in [3.05, 3.63) is 121 Å². The Hall–Kier alpha value is -3.90. The molecule has 6 aromatic carbocycles. The van der Waals surface area contributed by atoms with Crippen LogP contribution >= 0.6 is 0 Å². The molecule has 0 aliphatic carbocycles. The van der Waals surface area contributed by atoms with E-state index < -0.39 is 0 Å². The van der Waals surface area contributed by atoms with Crippen LogP contribution in [0, 0.1) is 0 Å². The second-order valence-electron chi connectivity index (χ2n) is 7.80. The highest BCUT2D eigenvalue weighted by Crippen LogP contribution is 2.41. The molecule has 6 rings (SSSR count). The molecule has 0 saturated heterocycles. The Balaban J connectivity index is 1.73. The lowest BCUT2D eigenvalue weighted by atomic mass is 9.87. The molecule has 140 valence electrons. The third kappa shape index (κ3) is 2.69. The Kier molecular flexibility index (Phi) is 3.89. The summed E-state index contributed by atoms with van der Waals surface area (Å²) in [6, 6.07) is 43.9. The number of hydrogen-bond donors (Lipinski definition) is 0. The summed E-state index contributed by atoms with van der Waals surface area (Å²) in [6.45, 7) is 0. The lowest BCUT2D eigenvalue weighted by Crippen LogP contribution is -1.89. The van der Waals surface area contributed by atoms with E-state index in [9.17, 15) is 0 Å². The van der Waals surface area contributed by atoms with Gasteiger partial charge in [0.2, 0.25) is 0 Å². The molecule has 0 heteroatoms. The second-order valence-corrected chi connectivity index (χ2v) is 7.80. The van der Waals surface area contributed by atoms with Crippen LogP contribution in [0.3, 0.4) is 0 Å². The maximum absolute atomic E-state index is 2.33. The van der Waals surface area contributed by atoms with E-state index in [0.29, 0.717) is 0 Å². The monoisotopic (exact) mass is 380 g/mol. The predicted molar refractivity (Wildman–Crippen MR) is 130 cm³/mol. The summed E-state index contributed by atoms with van der Waals surface area (Å²) in [6.07, 6.45) is 0.